The molecule has 0 saturated carbocycles. The number of aromatic nitrogens is 1. The molecule has 1 aliphatic rings. The van der Waals surface area contributed by atoms with E-state index in [1.165, 1.54) is 0 Å². The molecule has 1 saturated heterocycles. The van der Waals surface area contributed by atoms with Crippen molar-refractivity contribution < 1.29 is 19.6 Å². The van der Waals surface area contributed by atoms with Crippen LogP contribution >= 0.6 is 0 Å². The number of hydrogen-bond donors (Lipinski definition) is 1. The molecule has 0 spiro atoms. The highest BCUT2D eigenvalue weighted by atomic mass is 16.6. The smallest absolute Gasteiger partial charge is 0.337 e. The lowest BCUT2D eigenvalue weighted by atomic mass is 10.2. The number of rotatable bonds is 3. The fraction of sp³-hybridized carbons (Fsp3) is 0.455. The summed E-state index contributed by atoms with van der Waals surface area (Å²) < 4.78 is 5.36. The first kappa shape index (κ1) is 13.2. The molecule has 1 aromatic heterocycles. The second-order valence-electron chi connectivity index (χ2n) is 4.26. The Bertz CT molecular complexity index is 519. The first-order valence-electron chi connectivity index (χ1n) is 5.73. The number of aromatic carboxylic acids is 1. The number of nitro groups is 1. The van der Waals surface area contributed by atoms with Crippen molar-refractivity contribution in [2.75, 3.05) is 24.6 Å². The highest BCUT2D eigenvalue weighted by Gasteiger charge is 2.26. The molecule has 1 aliphatic heterocycles. The Morgan fingerprint density at radius 1 is 1.68 bits per heavy atom. The molecule has 19 heavy (non-hydrogen) atoms. The first-order chi connectivity index (χ1) is 8.99. The first-order valence-corrected chi connectivity index (χ1v) is 5.73. The predicted molar refractivity (Wildman–Crippen MR) is 65.5 cm³/mol. The number of carboxylic acid groups (broad SMARTS) is 1. The topological polar surface area (TPSA) is 106 Å². The molecular formula is C11H13N3O5. The van der Waals surface area contributed by atoms with E-state index in [9.17, 15) is 14.9 Å². The normalized spacial score (nSPS) is 19.2. The Morgan fingerprint density at radius 3 is 3.00 bits per heavy atom. The minimum Gasteiger partial charge on any atom is -0.478 e. The number of carbonyl (C=O) groups is 1. The van der Waals surface area contributed by atoms with Crippen molar-refractivity contribution in [1.29, 1.82) is 0 Å². The summed E-state index contributed by atoms with van der Waals surface area (Å²) in [4.78, 5) is 26.9. The summed E-state index contributed by atoms with van der Waals surface area (Å²) in [5.41, 5.74) is -0.495. The Kier molecular flexibility index (Phi) is 3.61. The Balaban J connectivity index is 2.38. The summed E-state index contributed by atoms with van der Waals surface area (Å²) in [7, 11) is 0. The van der Waals surface area contributed by atoms with Crippen LogP contribution in [0.1, 0.15) is 17.3 Å². The van der Waals surface area contributed by atoms with Gasteiger partial charge in [0.25, 0.3) is 0 Å². The fourth-order valence-electron chi connectivity index (χ4n) is 1.95. The van der Waals surface area contributed by atoms with Crippen LogP contribution in [0.25, 0.3) is 0 Å². The minimum absolute atomic E-state index is 0.0469. The van der Waals surface area contributed by atoms with E-state index in [2.05, 4.69) is 4.98 Å². The zero-order valence-corrected chi connectivity index (χ0v) is 10.3. The van der Waals surface area contributed by atoms with Crippen molar-refractivity contribution in [2.45, 2.75) is 13.0 Å². The van der Waals surface area contributed by atoms with Crippen LogP contribution in [-0.4, -0.2) is 46.8 Å². The summed E-state index contributed by atoms with van der Waals surface area (Å²) in [6.07, 6.45) is 1.08. The van der Waals surface area contributed by atoms with Gasteiger partial charge in [0.15, 0.2) is 0 Å². The summed E-state index contributed by atoms with van der Waals surface area (Å²) in [6, 6.07) is 1.03. The number of anilines is 1. The highest BCUT2D eigenvalue weighted by Crippen LogP contribution is 2.27. The van der Waals surface area contributed by atoms with Gasteiger partial charge in [0.2, 0.25) is 5.82 Å². The zero-order chi connectivity index (χ0) is 14.0. The molecule has 0 radical (unpaired) electrons. The molecule has 0 bridgehead atoms. The van der Waals surface area contributed by atoms with Gasteiger partial charge in [-0.2, -0.15) is 0 Å². The van der Waals surface area contributed by atoms with Gasteiger partial charge in [-0.25, -0.2) is 9.78 Å². The van der Waals surface area contributed by atoms with E-state index in [0.29, 0.717) is 19.7 Å². The molecule has 2 heterocycles. The molecule has 1 fully saturated rings. The number of ether oxygens (including phenoxy) is 1. The van der Waals surface area contributed by atoms with Gasteiger partial charge < -0.3 is 14.7 Å². The van der Waals surface area contributed by atoms with Gasteiger partial charge >= 0.3 is 11.7 Å². The Labute approximate surface area is 108 Å². The quantitative estimate of drug-likeness (QED) is 0.640. The standard InChI is InChI=1S/C11H13N3O5/c1-7-6-13(2-3-19-7)10-9(14(17)18)4-8(5-12-10)11(15)16/h4-5,7H,2-3,6H2,1H3,(H,15,16). The maximum absolute atomic E-state index is 11.0. The van der Waals surface area contributed by atoms with Gasteiger partial charge in [0.05, 0.1) is 23.2 Å². The molecular weight excluding hydrogens is 254 g/mol. The third-order valence-electron chi connectivity index (χ3n) is 2.83. The number of carboxylic acids is 1. The number of nitrogens with zero attached hydrogens (tertiary/aromatic N) is 3. The lowest BCUT2D eigenvalue weighted by Gasteiger charge is -2.31. The number of morpholine rings is 1. The molecule has 0 aliphatic carbocycles. The summed E-state index contributed by atoms with van der Waals surface area (Å²) in [5.74, 6) is -1.05. The molecule has 1 aromatic rings. The Hall–Kier alpha value is -2.22. The van der Waals surface area contributed by atoms with E-state index < -0.39 is 10.9 Å². The van der Waals surface area contributed by atoms with Crippen LogP contribution in [0.4, 0.5) is 11.5 Å². The summed E-state index contributed by atoms with van der Waals surface area (Å²) in [5, 5.41) is 19.9. The fourth-order valence-corrected chi connectivity index (χ4v) is 1.95. The van der Waals surface area contributed by atoms with Crippen molar-refractivity contribution in [3.63, 3.8) is 0 Å². The second kappa shape index (κ2) is 5.19. The van der Waals surface area contributed by atoms with Crippen LogP contribution < -0.4 is 4.90 Å². The van der Waals surface area contributed by atoms with Crippen molar-refractivity contribution in [3.05, 3.63) is 27.9 Å². The van der Waals surface area contributed by atoms with Crippen molar-refractivity contribution >= 4 is 17.5 Å². The maximum Gasteiger partial charge on any atom is 0.337 e. The lowest BCUT2D eigenvalue weighted by Crippen LogP contribution is -2.41. The largest absolute Gasteiger partial charge is 0.478 e. The van der Waals surface area contributed by atoms with E-state index in [0.717, 1.165) is 12.3 Å². The van der Waals surface area contributed by atoms with Gasteiger partial charge in [-0.05, 0) is 6.92 Å². The van der Waals surface area contributed by atoms with Crippen molar-refractivity contribution in [1.82, 2.24) is 4.98 Å². The van der Waals surface area contributed by atoms with Gasteiger partial charge in [0, 0.05) is 25.4 Å². The van der Waals surface area contributed by atoms with Crippen LogP contribution in [0, 0.1) is 10.1 Å². The molecule has 1 unspecified atom stereocenters. The molecule has 0 aromatic carbocycles. The van der Waals surface area contributed by atoms with Gasteiger partial charge in [-0.1, -0.05) is 0 Å². The SMILES string of the molecule is CC1CN(c2ncc(C(=O)O)cc2[N+](=O)[O-])CCO1. The van der Waals surface area contributed by atoms with Crippen LogP contribution in [-0.2, 0) is 4.74 Å². The second-order valence-corrected chi connectivity index (χ2v) is 4.26. The molecule has 8 nitrogen and oxygen atoms in total. The molecule has 8 heteroatoms. The van der Waals surface area contributed by atoms with E-state index in [1.807, 2.05) is 6.92 Å². The lowest BCUT2D eigenvalue weighted by molar-refractivity contribution is -0.384. The highest BCUT2D eigenvalue weighted by molar-refractivity contribution is 5.88. The number of pyridine rings is 1. The molecule has 1 N–H and O–H groups in total. The van der Waals surface area contributed by atoms with Gasteiger partial charge in [-0.15, -0.1) is 0 Å². The van der Waals surface area contributed by atoms with Crippen molar-refractivity contribution in [2.24, 2.45) is 0 Å². The van der Waals surface area contributed by atoms with Gasteiger partial charge in [-0.3, -0.25) is 10.1 Å². The van der Waals surface area contributed by atoms with Crippen LogP contribution in [0.3, 0.4) is 0 Å². The summed E-state index contributed by atoms with van der Waals surface area (Å²) >= 11 is 0. The third-order valence-corrected chi connectivity index (χ3v) is 2.83. The monoisotopic (exact) mass is 267 g/mol. The average molecular weight is 267 g/mol. The van der Waals surface area contributed by atoms with Crippen LogP contribution in [0.5, 0.6) is 0 Å². The zero-order valence-electron chi connectivity index (χ0n) is 10.3. The van der Waals surface area contributed by atoms with Crippen LogP contribution in [0.15, 0.2) is 12.3 Å². The number of hydrogen-bond acceptors (Lipinski definition) is 6. The molecule has 102 valence electrons. The molecule has 2 rings (SSSR count). The van der Waals surface area contributed by atoms with Gasteiger partial charge in [0.1, 0.15) is 0 Å². The maximum atomic E-state index is 11.0. The summed E-state index contributed by atoms with van der Waals surface area (Å²) in [6.45, 7) is 3.30. The molecule has 1 atom stereocenters. The Morgan fingerprint density at radius 2 is 2.42 bits per heavy atom. The van der Waals surface area contributed by atoms with E-state index >= 15 is 0 Å². The minimum atomic E-state index is -1.24. The third kappa shape index (κ3) is 2.79. The van der Waals surface area contributed by atoms with Crippen molar-refractivity contribution in [3.8, 4) is 0 Å². The average Bonchev–Trinajstić information content (AvgIpc) is 2.37. The van der Waals surface area contributed by atoms with E-state index in [4.69, 9.17) is 9.84 Å². The van der Waals surface area contributed by atoms with E-state index in [1.54, 1.807) is 4.90 Å². The van der Waals surface area contributed by atoms with Crippen LogP contribution in [0.2, 0.25) is 0 Å². The predicted octanol–water partition coefficient (Wildman–Crippen LogP) is 0.913. The molecule has 0 amide bonds. The van der Waals surface area contributed by atoms with E-state index in [-0.39, 0.29) is 23.2 Å².